The number of carbonyl (C=O) groups is 1. The van der Waals surface area contributed by atoms with Crippen LogP contribution in [0.25, 0.3) is 0 Å². The van der Waals surface area contributed by atoms with Crippen molar-refractivity contribution >= 4 is 16.1 Å². The standard InChI is InChI=1S/C17H28N2O4S/c1-7-24(21,22)23-15-10-8-9-14(11-15)12-19(13(2)3)16(20)18-17(4,5)6/h8-11,13H,7,12H2,1-6H3,(H,18,20). The first-order valence-corrected chi connectivity index (χ1v) is 9.61. The van der Waals surface area contributed by atoms with Gasteiger partial charge in [0.2, 0.25) is 0 Å². The van der Waals surface area contributed by atoms with E-state index in [0.29, 0.717) is 6.54 Å². The molecule has 0 aromatic heterocycles. The minimum absolute atomic E-state index is 0.00343. The maximum atomic E-state index is 12.5. The molecule has 0 unspecified atom stereocenters. The van der Waals surface area contributed by atoms with Crippen molar-refractivity contribution in [1.82, 2.24) is 10.2 Å². The highest BCUT2D eigenvalue weighted by atomic mass is 32.2. The number of nitrogens with one attached hydrogen (secondary N) is 1. The van der Waals surface area contributed by atoms with Gasteiger partial charge in [-0.05, 0) is 59.2 Å². The molecule has 1 aromatic carbocycles. The van der Waals surface area contributed by atoms with E-state index in [4.69, 9.17) is 4.18 Å². The normalized spacial score (nSPS) is 12.1. The Morgan fingerprint density at radius 2 is 1.92 bits per heavy atom. The third kappa shape index (κ3) is 6.78. The highest BCUT2D eigenvalue weighted by Crippen LogP contribution is 2.18. The average Bonchev–Trinajstić information content (AvgIpc) is 2.42. The molecular formula is C17H28N2O4S. The van der Waals surface area contributed by atoms with Gasteiger partial charge in [-0.15, -0.1) is 0 Å². The predicted molar refractivity (Wildman–Crippen MR) is 95.5 cm³/mol. The molecule has 0 aliphatic carbocycles. The SMILES string of the molecule is CCS(=O)(=O)Oc1cccc(CN(C(=O)NC(C)(C)C)C(C)C)c1. The summed E-state index contributed by atoms with van der Waals surface area (Å²) in [6.07, 6.45) is 0. The molecule has 7 heteroatoms. The highest BCUT2D eigenvalue weighted by molar-refractivity contribution is 7.87. The van der Waals surface area contributed by atoms with Crippen LogP contribution >= 0.6 is 0 Å². The lowest BCUT2D eigenvalue weighted by molar-refractivity contribution is 0.171. The van der Waals surface area contributed by atoms with Gasteiger partial charge in [0.15, 0.2) is 0 Å². The van der Waals surface area contributed by atoms with Gasteiger partial charge in [0.1, 0.15) is 5.75 Å². The average molecular weight is 356 g/mol. The zero-order chi connectivity index (χ0) is 18.5. The van der Waals surface area contributed by atoms with Crippen molar-refractivity contribution < 1.29 is 17.4 Å². The number of urea groups is 1. The molecule has 0 spiro atoms. The van der Waals surface area contributed by atoms with Crippen molar-refractivity contribution in [2.24, 2.45) is 0 Å². The Bertz CT molecular complexity index is 663. The minimum Gasteiger partial charge on any atom is -0.382 e. The molecule has 136 valence electrons. The number of carbonyl (C=O) groups excluding carboxylic acids is 1. The monoisotopic (exact) mass is 356 g/mol. The maximum absolute atomic E-state index is 12.5. The van der Waals surface area contributed by atoms with Gasteiger partial charge in [0.25, 0.3) is 0 Å². The zero-order valence-corrected chi connectivity index (χ0v) is 16.1. The van der Waals surface area contributed by atoms with E-state index in [0.717, 1.165) is 5.56 Å². The quantitative estimate of drug-likeness (QED) is 0.795. The van der Waals surface area contributed by atoms with Gasteiger partial charge >= 0.3 is 16.1 Å². The third-order valence-corrected chi connectivity index (χ3v) is 4.35. The smallest absolute Gasteiger partial charge is 0.318 e. The number of hydrogen-bond acceptors (Lipinski definition) is 4. The maximum Gasteiger partial charge on any atom is 0.318 e. The molecule has 24 heavy (non-hydrogen) atoms. The second kappa shape index (κ2) is 7.88. The van der Waals surface area contributed by atoms with E-state index in [1.54, 1.807) is 23.1 Å². The summed E-state index contributed by atoms with van der Waals surface area (Å²) in [5, 5.41) is 2.94. The van der Waals surface area contributed by atoms with Crippen LogP contribution < -0.4 is 9.50 Å². The third-order valence-electron chi connectivity index (χ3n) is 3.19. The Morgan fingerprint density at radius 1 is 1.29 bits per heavy atom. The molecule has 0 heterocycles. The summed E-state index contributed by atoms with van der Waals surface area (Å²) in [6.45, 7) is 11.5. The Morgan fingerprint density at radius 3 is 2.42 bits per heavy atom. The van der Waals surface area contributed by atoms with Crippen LogP contribution in [0.2, 0.25) is 0 Å². The van der Waals surface area contributed by atoms with Crippen LogP contribution in [-0.2, 0) is 16.7 Å². The minimum atomic E-state index is -3.57. The van der Waals surface area contributed by atoms with Crippen molar-refractivity contribution in [2.75, 3.05) is 5.75 Å². The van der Waals surface area contributed by atoms with Gasteiger partial charge < -0.3 is 14.4 Å². The molecule has 0 aliphatic rings. The molecule has 0 aliphatic heterocycles. The van der Waals surface area contributed by atoms with Crippen molar-refractivity contribution in [3.63, 3.8) is 0 Å². The van der Waals surface area contributed by atoms with E-state index < -0.39 is 10.1 Å². The summed E-state index contributed by atoms with van der Waals surface area (Å²) < 4.78 is 28.2. The first-order valence-electron chi connectivity index (χ1n) is 8.03. The number of benzene rings is 1. The molecule has 1 aromatic rings. The molecule has 0 atom stereocenters. The lowest BCUT2D eigenvalue weighted by atomic mass is 10.1. The first kappa shape index (κ1) is 20.3. The van der Waals surface area contributed by atoms with E-state index in [-0.39, 0.29) is 29.1 Å². The molecule has 0 saturated carbocycles. The fraction of sp³-hybridized carbons (Fsp3) is 0.588. The number of amides is 2. The zero-order valence-electron chi connectivity index (χ0n) is 15.3. The molecule has 0 radical (unpaired) electrons. The van der Waals surface area contributed by atoms with Crippen LogP contribution in [-0.4, -0.2) is 36.7 Å². The van der Waals surface area contributed by atoms with Crippen LogP contribution in [0.3, 0.4) is 0 Å². The molecule has 2 amide bonds. The second-order valence-corrected chi connectivity index (χ2v) is 8.84. The topological polar surface area (TPSA) is 75.7 Å². The fourth-order valence-electron chi connectivity index (χ4n) is 1.98. The second-order valence-electron chi connectivity index (χ2n) is 6.98. The lowest BCUT2D eigenvalue weighted by Crippen LogP contribution is -2.50. The largest absolute Gasteiger partial charge is 0.382 e. The van der Waals surface area contributed by atoms with E-state index in [2.05, 4.69) is 5.32 Å². The summed E-state index contributed by atoms with van der Waals surface area (Å²) in [6, 6.07) is 6.63. The first-order chi connectivity index (χ1) is 10.9. The highest BCUT2D eigenvalue weighted by Gasteiger charge is 2.22. The molecule has 0 fully saturated rings. The van der Waals surface area contributed by atoms with Crippen LogP contribution in [0.5, 0.6) is 5.75 Å². The van der Waals surface area contributed by atoms with E-state index in [1.165, 1.54) is 6.92 Å². The molecule has 0 bridgehead atoms. The number of hydrogen-bond donors (Lipinski definition) is 1. The van der Waals surface area contributed by atoms with Crippen molar-refractivity contribution in [2.45, 2.75) is 59.7 Å². The summed E-state index contributed by atoms with van der Waals surface area (Å²) in [5.74, 6) is 0.165. The Balaban J connectivity index is 2.94. The molecular weight excluding hydrogens is 328 g/mol. The molecule has 0 saturated heterocycles. The molecule has 6 nitrogen and oxygen atoms in total. The van der Waals surface area contributed by atoms with Gasteiger partial charge in [-0.2, -0.15) is 8.42 Å². The van der Waals surface area contributed by atoms with Crippen LogP contribution in [0, 0.1) is 0 Å². The van der Waals surface area contributed by atoms with E-state index in [9.17, 15) is 13.2 Å². The summed E-state index contributed by atoms with van der Waals surface area (Å²) in [4.78, 5) is 14.1. The van der Waals surface area contributed by atoms with Crippen LogP contribution in [0.4, 0.5) is 4.79 Å². The predicted octanol–water partition coefficient (Wildman–Crippen LogP) is 3.13. The Kier molecular flexibility index (Phi) is 6.66. The van der Waals surface area contributed by atoms with Gasteiger partial charge in [0, 0.05) is 18.1 Å². The molecule has 1 rings (SSSR count). The number of rotatable bonds is 6. The van der Waals surface area contributed by atoms with Gasteiger partial charge in [-0.25, -0.2) is 4.79 Å². The Hall–Kier alpha value is -1.76. The van der Waals surface area contributed by atoms with Crippen molar-refractivity contribution in [3.8, 4) is 5.75 Å². The summed E-state index contributed by atoms with van der Waals surface area (Å²) in [5.41, 5.74) is 0.473. The van der Waals surface area contributed by atoms with Crippen LogP contribution in [0.15, 0.2) is 24.3 Å². The Labute approximate surface area is 145 Å². The van der Waals surface area contributed by atoms with Gasteiger partial charge in [-0.3, -0.25) is 0 Å². The van der Waals surface area contributed by atoms with Gasteiger partial charge in [0.05, 0.1) is 5.75 Å². The van der Waals surface area contributed by atoms with Crippen molar-refractivity contribution in [3.05, 3.63) is 29.8 Å². The van der Waals surface area contributed by atoms with E-state index in [1.807, 2.05) is 40.7 Å². The summed E-state index contributed by atoms with van der Waals surface area (Å²) >= 11 is 0. The lowest BCUT2D eigenvalue weighted by Gasteiger charge is -2.31. The van der Waals surface area contributed by atoms with Gasteiger partial charge in [-0.1, -0.05) is 12.1 Å². The fourth-order valence-corrected chi connectivity index (χ4v) is 2.49. The van der Waals surface area contributed by atoms with Crippen LogP contribution in [0.1, 0.15) is 47.1 Å². The number of nitrogens with zero attached hydrogens (tertiary/aromatic N) is 1. The van der Waals surface area contributed by atoms with Crippen molar-refractivity contribution in [1.29, 1.82) is 0 Å². The summed E-state index contributed by atoms with van der Waals surface area (Å²) in [7, 11) is -3.57. The molecule has 1 N–H and O–H groups in total. The van der Waals surface area contributed by atoms with E-state index >= 15 is 0 Å².